The van der Waals surface area contributed by atoms with Crippen molar-refractivity contribution in [2.45, 2.75) is 39.2 Å². The zero-order valence-electron chi connectivity index (χ0n) is 11.8. The number of carbonyl (C=O) groups excluding carboxylic acids is 1. The average molecular weight is 285 g/mol. The smallest absolute Gasteiger partial charge is 0.220 e. The van der Waals surface area contributed by atoms with Crippen LogP contribution in [0.5, 0.6) is 0 Å². The second kappa shape index (κ2) is 7.94. The molecule has 112 valence electrons. The fourth-order valence-electron chi connectivity index (χ4n) is 2.13. The molecule has 0 spiro atoms. The zero-order valence-corrected chi connectivity index (χ0v) is 11.8. The molecule has 0 aliphatic carbocycles. The van der Waals surface area contributed by atoms with E-state index in [-0.39, 0.29) is 18.4 Å². The summed E-state index contributed by atoms with van der Waals surface area (Å²) in [6.45, 7) is 3.81. The summed E-state index contributed by atoms with van der Waals surface area (Å²) < 4.78 is 26.8. The first-order chi connectivity index (χ1) is 9.45. The summed E-state index contributed by atoms with van der Waals surface area (Å²) in [5, 5.41) is 12.3. The van der Waals surface area contributed by atoms with Gasteiger partial charge in [-0.1, -0.05) is 32.8 Å². The molecule has 5 heteroatoms. The molecule has 2 unspecified atom stereocenters. The fraction of sp³-hybridized carbons (Fsp3) is 0.533. The molecule has 0 aromatic heterocycles. The summed E-state index contributed by atoms with van der Waals surface area (Å²) in [6, 6.07) is 3.38. The Bertz CT molecular complexity index is 431. The maximum Gasteiger partial charge on any atom is 0.220 e. The summed E-state index contributed by atoms with van der Waals surface area (Å²) in [5.41, 5.74) is -0.408. The summed E-state index contributed by atoms with van der Waals surface area (Å²) >= 11 is 0. The van der Waals surface area contributed by atoms with Crippen molar-refractivity contribution in [3.8, 4) is 0 Å². The zero-order chi connectivity index (χ0) is 15.1. The highest BCUT2D eigenvalue weighted by atomic mass is 19.1. The lowest BCUT2D eigenvalue weighted by Gasteiger charge is -2.15. The molecule has 1 aromatic rings. The van der Waals surface area contributed by atoms with Crippen molar-refractivity contribution >= 4 is 5.91 Å². The second-order valence-corrected chi connectivity index (χ2v) is 5.05. The van der Waals surface area contributed by atoms with Crippen LogP contribution in [0.3, 0.4) is 0 Å². The molecule has 0 heterocycles. The van der Waals surface area contributed by atoms with E-state index in [1.54, 1.807) is 0 Å². The van der Waals surface area contributed by atoms with Gasteiger partial charge in [0.25, 0.3) is 0 Å². The van der Waals surface area contributed by atoms with Crippen molar-refractivity contribution in [3.05, 3.63) is 35.4 Å². The minimum atomic E-state index is -1.39. The van der Waals surface area contributed by atoms with Gasteiger partial charge in [0.2, 0.25) is 5.91 Å². The quantitative estimate of drug-likeness (QED) is 0.809. The van der Waals surface area contributed by atoms with Crippen LogP contribution in [0, 0.1) is 17.6 Å². The molecule has 2 N–H and O–H groups in total. The summed E-state index contributed by atoms with van der Waals surface area (Å²) in [7, 11) is 0. The number of halogens is 2. The van der Waals surface area contributed by atoms with Crippen LogP contribution in [0.25, 0.3) is 0 Å². The lowest BCUT2D eigenvalue weighted by molar-refractivity contribution is -0.122. The monoisotopic (exact) mass is 285 g/mol. The van der Waals surface area contributed by atoms with Gasteiger partial charge in [-0.05, 0) is 18.1 Å². The first kappa shape index (κ1) is 16.6. The van der Waals surface area contributed by atoms with Gasteiger partial charge >= 0.3 is 0 Å². The Morgan fingerprint density at radius 3 is 2.50 bits per heavy atom. The molecular formula is C15H21F2NO2. The van der Waals surface area contributed by atoms with E-state index in [2.05, 4.69) is 5.32 Å². The Morgan fingerprint density at radius 1 is 1.35 bits per heavy atom. The highest BCUT2D eigenvalue weighted by Crippen LogP contribution is 2.20. The van der Waals surface area contributed by atoms with E-state index < -0.39 is 23.3 Å². The van der Waals surface area contributed by atoms with Crippen LogP contribution in [0.1, 0.15) is 44.8 Å². The molecule has 2 atom stereocenters. The van der Waals surface area contributed by atoms with Crippen LogP contribution in [0.4, 0.5) is 8.78 Å². The van der Waals surface area contributed by atoms with Gasteiger partial charge in [0.1, 0.15) is 17.7 Å². The van der Waals surface area contributed by atoms with Crippen LogP contribution in [-0.2, 0) is 4.79 Å². The van der Waals surface area contributed by atoms with E-state index in [4.69, 9.17) is 0 Å². The van der Waals surface area contributed by atoms with Crippen LogP contribution < -0.4 is 5.32 Å². The normalized spacial score (nSPS) is 13.8. The van der Waals surface area contributed by atoms with Gasteiger partial charge in [-0.2, -0.15) is 0 Å². The average Bonchev–Trinajstić information content (AvgIpc) is 2.36. The molecule has 1 aromatic carbocycles. The number of carbonyl (C=O) groups is 1. The third-order valence-corrected chi connectivity index (χ3v) is 3.14. The Labute approximate surface area is 118 Å². The SMILES string of the molecule is CCCC(C)CC(=O)NCC(O)c1c(F)cccc1F. The number of aliphatic hydroxyl groups is 1. The topological polar surface area (TPSA) is 49.3 Å². The molecule has 0 radical (unpaired) electrons. The van der Waals surface area contributed by atoms with E-state index in [1.807, 2.05) is 13.8 Å². The molecule has 0 saturated heterocycles. The molecule has 0 aliphatic rings. The summed E-state index contributed by atoms with van der Waals surface area (Å²) in [6.07, 6.45) is 0.900. The van der Waals surface area contributed by atoms with E-state index >= 15 is 0 Å². The largest absolute Gasteiger partial charge is 0.386 e. The molecule has 1 rings (SSSR count). The third kappa shape index (κ3) is 4.89. The van der Waals surface area contributed by atoms with Crippen LogP contribution in [0.15, 0.2) is 18.2 Å². The standard InChI is InChI=1S/C15H21F2NO2/c1-3-5-10(2)8-14(20)18-9-13(19)15-11(16)6-4-7-12(15)17/h4,6-7,10,13,19H,3,5,8-9H2,1-2H3,(H,18,20). The molecule has 0 saturated carbocycles. The molecule has 0 aliphatic heterocycles. The molecule has 20 heavy (non-hydrogen) atoms. The number of benzene rings is 1. The lowest BCUT2D eigenvalue weighted by Crippen LogP contribution is -2.30. The summed E-state index contributed by atoms with van der Waals surface area (Å²) in [5.74, 6) is -1.60. The Balaban J connectivity index is 2.51. The molecule has 0 fully saturated rings. The molecule has 3 nitrogen and oxygen atoms in total. The minimum absolute atomic E-state index is 0.199. The third-order valence-electron chi connectivity index (χ3n) is 3.14. The van der Waals surface area contributed by atoms with Gasteiger partial charge in [0, 0.05) is 13.0 Å². The number of rotatable bonds is 7. The van der Waals surface area contributed by atoms with Gasteiger partial charge < -0.3 is 10.4 Å². The maximum atomic E-state index is 13.4. The number of aliphatic hydroxyl groups excluding tert-OH is 1. The highest BCUT2D eigenvalue weighted by Gasteiger charge is 2.18. The number of hydrogen-bond donors (Lipinski definition) is 2. The lowest BCUT2D eigenvalue weighted by atomic mass is 10.0. The second-order valence-electron chi connectivity index (χ2n) is 5.05. The van der Waals surface area contributed by atoms with Gasteiger partial charge in [-0.15, -0.1) is 0 Å². The Morgan fingerprint density at radius 2 is 1.95 bits per heavy atom. The first-order valence-corrected chi connectivity index (χ1v) is 6.84. The van der Waals surface area contributed by atoms with E-state index in [0.29, 0.717) is 6.42 Å². The van der Waals surface area contributed by atoms with Crippen LogP contribution >= 0.6 is 0 Å². The maximum absolute atomic E-state index is 13.4. The van der Waals surface area contributed by atoms with Crippen molar-refractivity contribution in [2.24, 2.45) is 5.92 Å². The number of amides is 1. The van der Waals surface area contributed by atoms with Crippen molar-refractivity contribution < 1.29 is 18.7 Å². The number of hydrogen-bond acceptors (Lipinski definition) is 2. The van der Waals surface area contributed by atoms with Crippen molar-refractivity contribution in [2.75, 3.05) is 6.54 Å². The summed E-state index contributed by atoms with van der Waals surface area (Å²) in [4.78, 5) is 11.6. The highest BCUT2D eigenvalue weighted by molar-refractivity contribution is 5.76. The van der Waals surface area contributed by atoms with Gasteiger partial charge in [0.05, 0.1) is 5.56 Å². The van der Waals surface area contributed by atoms with Gasteiger partial charge in [-0.25, -0.2) is 8.78 Å². The predicted octanol–water partition coefficient (Wildman–Crippen LogP) is 2.94. The Kier molecular flexibility index (Phi) is 6.58. The van der Waals surface area contributed by atoms with Crippen LogP contribution in [-0.4, -0.2) is 17.6 Å². The van der Waals surface area contributed by atoms with E-state index in [0.717, 1.165) is 25.0 Å². The molecule has 0 bridgehead atoms. The molecular weight excluding hydrogens is 264 g/mol. The van der Waals surface area contributed by atoms with Crippen molar-refractivity contribution in [3.63, 3.8) is 0 Å². The van der Waals surface area contributed by atoms with Crippen molar-refractivity contribution in [1.29, 1.82) is 0 Å². The van der Waals surface area contributed by atoms with E-state index in [1.165, 1.54) is 6.07 Å². The number of nitrogens with one attached hydrogen (secondary N) is 1. The first-order valence-electron chi connectivity index (χ1n) is 6.84. The van der Waals surface area contributed by atoms with Gasteiger partial charge in [-0.3, -0.25) is 4.79 Å². The fourth-order valence-corrected chi connectivity index (χ4v) is 2.13. The molecule has 1 amide bonds. The van der Waals surface area contributed by atoms with Crippen LogP contribution in [0.2, 0.25) is 0 Å². The Hall–Kier alpha value is -1.49. The minimum Gasteiger partial charge on any atom is -0.386 e. The van der Waals surface area contributed by atoms with Gasteiger partial charge in [0.15, 0.2) is 0 Å². The van der Waals surface area contributed by atoms with Crippen molar-refractivity contribution in [1.82, 2.24) is 5.32 Å². The van der Waals surface area contributed by atoms with E-state index in [9.17, 15) is 18.7 Å². The predicted molar refractivity (Wildman–Crippen MR) is 73.0 cm³/mol.